The molecule has 1 saturated heterocycles. The molecule has 0 spiro atoms. The molecule has 1 aromatic carbocycles. The van der Waals surface area contributed by atoms with E-state index in [1.54, 1.807) is 0 Å². The second kappa shape index (κ2) is 6.59. The highest BCUT2D eigenvalue weighted by atomic mass is 79.9. The van der Waals surface area contributed by atoms with Gasteiger partial charge in [0.25, 0.3) is 0 Å². The van der Waals surface area contributed by atoms with Crippen molar-refractivity contribution in [2.24, 2.45) is 0 Å². The summed E-state index contributed by atoms with van der Waals surface area (Å²) in [6.07, 6.45) is 0.531. The Morgan fingerprint density at radius 3 is 2.72 bits per heavy atom. The molecule has 1 aromatic rings. The summed E-state index contributed by atoms with van der Waals surface area (Å²) in [5, 5.41) is 0. The molecular weight excluding hydrogens is 314 g/mol. The first-order valence-electron chi connectivity index (χ1n) is 6.01. The van der Waals surface area contributed by atoms with Crippen LogP contribution in [0.4, 0.5) is 0 Å². The monoisotopic (exact) mass is 329 g/mol. The Balaban J connectivity index is 1.83. The lowest BCUT2D eigenvalue weighted by atomic mass is 10.1. The van der Waals surface area contributed by atoms with Gasteiger partial charge in [0, 0.05) is 58.4 Å². The summed E-state index contributed by atoms with van der Waals surface area (Å²) in [5.41, 5.74) is 0.755. The van der Waals surface area contributed by atoms with Crippen molar-refractivity contribution in [3.8, 4) is 0 Å². The summed E-state index contributed by atoms with van der Waals surface area (Å²) in [7, 11) is -0.647. The number of Topliss-reactive ketones (excluding diaryl/α,β-unsaturated/α-hetero) is 1. The maximum atomic E-state index is 12.0. The van der Waals surface area contributed by atoms with E-state index in [4.69, 9.17) is 0 Å². The van der Waals surface area contributed by atoms with Crippen molar-refractivity contribution in [3.63, 3.8) is 0 Å². The summed E-state index contributed by atoms with van der Waals surface area (Å²) < 4.78 is 12.2. The van der Waals surface area contributed by atoms with Gasteiger partial charge in [-0.1, -0.05) is 28.1 Å². The highest BCUT2D eigenvalue weighted by Gasteiger charge is 2.16. The largest absolute Gasteiger partial charge is 0.301 e. The van der Waals surface area contributed by atoms with Crippen LogP contribution in [0.3, 0.4) is 0 Å². The van der Waals surface area contributed by atoms with Gasteiger partial charge in [-0.25, -0.2) is 0 Å². The normalized spacial score (nSPS) is 17.8. The van der Waals surface area contributed by atoms with Gasteiger partial charge in [0.2, 0.25) is 0 Å². The molecule has 2 rings (SSSR count). The molecule has 98 valence electrons. The molecule has 0 aliphatic carbocycles. The number of carbonyl (C=O) groups excluding carboxylic acids is 1. The number of hydrogen-bond acceptors (Lipinski definition) is 3. The van der Waals surface area contributed by atoms with Gasteiger partial charge in [-0.3, -0.25) is 9.00 Å². The maximum absolute atomic E-state index is 12.0. The third-order valence-electron chi connectivity index (χ3n) is 3.07. The number of halogens is 1. The number of benzene rings is 1. The van der Waals surface area contributed by atoms with E-state index in [1.807, 2.05) is 24.3 Å². The molecule has 0 amide bonds. The van der Waals surface area contributed by atoms with E-state index in [0.717, 1.165) is 41.2 Å². The molecule has 0 N–H and O–H groups in total. The van der Waals surface area contributed by atoms with Crippen LogP contribution in [0.1, 0.15) is 16.8 Å². The van der Waals surface area contributed by atoms with E-state index in [1.165, 1.54) is 0 Å². The summed E-state index contributed by atoms with van der Waals surface area (Å²) in [6, 6.07) is 7.49. The Morgan fingerprint density at radius 2 is 2.06 bits per heavy atom. The molecule has 1 aliphatic heterocycles. The average molecular weight is 330 g/mol. The highest BCUT2D eigenvalue weighted by molar-refractivity contribution is 9.10. The first-order valence-corrected chi connectivity index (χ1v) is 8.29. The Morgan fingerprint density at radius 1 is 1.33 bits per heavy atom. The summed E-state index contributed by atoms with van der Waals surface area (Å²) in [5.74, 6) is 1.65. The Kier molecular flexibility index (Phi) is 5.09. The fraction of sp³-hybridized carbons (Fsp3) is 0.462. The zero-order valence-electron chi connectivity index (χ0n) is 10.1. The number of ketones is 1. The standard InChI is InChI=1S/C13H16BrNO2S/c14-12-3-1-2-11(10-12)13(16)4-5-15-6-8-18(17)9-7-15/h1-3,10H,4-9H2. The predicted octanol–water partition coefficient (Wildman–Crippen LogP) is 2.09. The fourth-order valence-electron chi connectivity index (χ4n) is 1.97. The predicted molar refractivity (Wildman–Crippen MR) is 77.4 cm³/mol. The zero-order valence-corrected chi connectivity index (χ0v) is 12.5. The lowest BCUT2D eigenvalue weighted by Gasteiger charge is -2.25. The third kappa shape index (κ3) is 4.00. The molecule has 0 radical (unpaired) electrons. The van der Waals surface area contributed by atoms with Gasteiger partial charge >= 0.3 is 0 Å². The smallest absolute Gasteiger partial charge is 0.164 e. The van der Waals surface area contributed by atoms with Crippen LogP contribution in [0.15, 0.2) is 28.7 Å². The molecule has 0 bridgehead atoms. The molecule has 3 nitrogen and oxygen atoms in total. The quantitative estimate of drug-likeness (QED) is 0.794. The zero-order chi connectivity index (χ0) is 13.0. The van der Waals surface area contributed by atoms with Gasteiger partial charge in [-0.05, 0) is 12.1 Å². The van der Waals surface area contributed by atoms with Crippen LogP contribution >= 0.6 is 15.9 Å². The van der Waals surface area contributed by atoms with E-state index in [9.17, 15) is 9.00 Å². The van der Waals surface area contributed by atoms with Crippen LogP contribution in [0, 0.1) is 0 Å². The van der Waals surface area contributed by atoms with Crippen LogP contribution in [0.2, 0.25) is 0 Å². The molecule has 18 heavy (non-hydrogen) atoms. The van der Waals surface area contributed by atoms with Gasteiger partial charge in [0.05, 0.1) is 0 Å². The minimum atomic E-state index is -0.647. The molecule has 1 fully saturated rings. The van der Waals surface area contributed by atoms with E-state index >= 15 is 0 Å². The summed E-state index contributed by atoms with van der Waals surface area (Å²) >= 11 is 3.37. The number of carbonyl (C=O) groups is 1. The third-order valence-corrected chi connectivity index (χ3v) is 4.84. The molecule has 0 aromatic heterocycles. The molecule has 0 unspecified atom stereocenters. The maximum Gasteiger partial charge on any atom is 0.164 e. The lowest BCUT2D eigenvalue weighted by Crippen LogP contribution is -2.38. The van der Waals surface area contributed by atoms with Crippen molar-refractivity contribution < 1.29 is 9.00 Å². The number of hydrogen-bond donors (Lipinski definition) is 0. The SMILES string of the molecule is O=C(CCN1CCS(=O)CC1)c1cccc(Br)c1. The van der Waals surface area contributed by atoms with Crippen molar-refractivity contribution in [1.29, 1.82) is 0 Å². The first kappa shape index (κ1) is 13.9. The molecule has 1 heterocycles. The topological polar surface area (TPSA) is 37.4 Å². The molecular formula is C13H16BrNO2S. The van der Waals surface area contributed by atoms with Crippen LogP contribution in [0.25, 0.3) is 0 Å². The average Bonchev–Trinajstić information content (AvgIpc) is 2.38. The molecule has 0 atom stereocenters. The highest BCUT2D eigenvalue weighted by Crippen LogP contribution is 2.13. The minimum Gasteiger partial charge on any atom is -0.301 e. The minimum absolute atomic E-state index is 0.169. The van der Waals surface area contributed by atoms with Crippen molar-refractivity contribution in [1.82, 2.24) is 4.90 Å². The van der Waals surface area contributed by atoms with Crippen molar-refractivity contribution in [2.45, 2.75) is 6.42 Å². The van der Waals surface area contributed by atoms with Gasteiger partial charge in [0.1, 0.15) is 0 Å². The van der Waals surface area contributed by atoms with Crippen LogP contribution < -0.4 is 0 Å². The molecule has 1 aliphatic rings. The van der Waals surface area contributed by atoms with Gasteiger partial charge in [0.15, 0.2) is 5.78 Å². The van der Waals surface area contributed by atoms with Crippen LogP contribution in [0.5, 0.6) is 0 Å². The van der Waals surface area contributed by atoms with E-state index < -0.39 is 10.8 Å². The van der Waals surface area contributed by atoms with Gasteiger partial charge in [-0.2, -0.15) is 0 Å². The van der Waals surface area contributed by atoms with E-state index in [0.29, 0.717) is 6.42 Å². The van der Waals surface area contributed by atoms with Gasteiger partial charge < -0.3 is 4.90 Å². The van der Waals surface area contributed by atoms with Crippen molar-refractivity contribution >= 4 is 32.5 Å². The molecule has 5 heteroatoms. The second-order valence-electron chi connectivity index (χ2n) is 4.37. The number of nitrogens with zero attached hydrogens (tertiary/aromatic N) is 1. The van der Waals surface area contributed by atoms with Crippen LogP contribution in [-0.2, 0) is 10.8 Å². The van der Waals surface area contributed by atoms with Crippen molar-refractivity contribution in [2.75, 3.05) is 31.1 Å². The lowest BCUT2D eigenvalue weighted by molar-refractivity contribution is 0.0966. The molecule has 0 saturated carbocycles. The Hall–Kier alpha value is -0.520. The van der Waals surface area contributed by atoms with E-state index in [-0.39, 0.29) is 5.78 Å². The van der Waals surface area contributed by atoms with E-state index in [2.05, 4.69) is 20.8 Å². The van der Waals surface area contributed by atoms with Gasteiger partial charge in [-0.15, -0.1) is 0 Å². The van der Waals surface area contributed by atoms with Crippen molar-refractivity contribution in [3.05, 3.63) is 34.3 Å². The number of rotatable bonds is 4. The Bertz CT molecular complexity index is 454. The summed E-state index contributed by atoms with van der Waals surface area (Å²) in [6.45, 7) is 2.46. The van der Waals surface area contributed by atoms with Crippen LogP contribution in [-0.4, -0.2) is 46.0 Å². The first-order chi connectivity index (χ1) is 8.65. The fourth-order valence-corrected chi connectivity index (χ4v) is 3.49. The second-order valence-corrected chi connectivity index (χ2v) is 6.99. The summed E-state index contributed by atoms with van der Waals surface area (Å²) in [4.78, 5) is 14.2. The Labute approximate surface area is 118 Å².